The van der Waals surface area contributed by atoms with Crippen LogP contribution in [0.2, 0.25) is 0 Å². The van der Waals surface area contributed by atoms with Crippen LogP contribution in [0.1, 0.15) is 57.1 Å². The van der Waals surface area contributed by atoms with Gasteiger partial charge in [0, 0.05) is 18.1 Å². The molecule has 1 aliphatic heterocycles. The van der Waals surface area contributed by atoms with Gasteiger partial charge in [0.25, 0.3) is 0 Å². The molecule has 2 unspecified atom stereocenters. The Hall–Kier alpha value is -1.09. The maximum absolute atomic E-state index is 13.4. The SMILES string of the molecule is CCC1CCCC2(C1)C[C@H](O)c1ccc(F)cc1O2. The Bertz CT molecular complexity index is 474. The zero-order valence-electron chi connectivity index (χ0n) is 11.4. The summed E-state index contributed by atoms with van der Waals surface area (Å²) in [6.07, 6.45) is 5.59. The molecule has 19 heavy (non-hydrogen) atoms. The normalized spacial score (nSPS) is 33.8. The fraction of sp³-hybridized carbons (Fsp3) is 0.625. The standard InChI is InChI=1S/C16H21FO2/c1-2-11-4-3-7-16(9-11)10-14(18)13-6-5-12(17)8-15(13)19-16/h5-6,8,11,14,18H,2-4,7,9-10H2,1H3/t11?,14-,16?/m0/s1. The summed E-state index contributed by atoms with van der Waals surface area (Å²) in [5.74, 6) is 0.900. The van der Waals surface area contributed by atoms with Crippen molar-refractivity contribution in [1.82, 2.24) is 0 Å². The van der Waals surface area contributed by atoms with E-state index in [9.17, 15) is 9.50 Å². The van der Waals surface area contributed by atoms with Gasteiger partial charge in [-0.15, -0.1) is 0 Å². The molecule has 1 heterocycles. The number of ether oxygens (including phenoxy) is 1. The van der Waals surface area contributed by atoms with Crippen LogP contribution < -0.4 is 4.74 Å². The molecule has 0 amide bonds. The lowest BCUT2D eigenvalue weighted by Gasteiger charge is -2.45. The topological polar surface area (TPSA) is 29.5 Å². The van der Waals surface area contributed by atoms with E-state index >= 15 is 0 Å². The molecule has 2 nitrogen and oxygen atoms in total. The van der Waals surface area contributed by atoms with Crippen LogP contribution in [0.3, 0.4) is 0 Å². The van der Waals surface area contributed by atoms with E-state index < -0.39 is 6.10 Å². The minimum absolute atomic E-state index is 0.279. The van der Waals surface area contributed by atoms with Crippen molar-refractivity contribution in [2.75, 3.05) is 0 Å². The molecule has 1 N–H and O–H groups in total. The van der Waals surface area contributed by atoms with E-state index in [0.717, 1.165) is 31.2 Å². The van der Waals surface area contributed by atoms with Crippen LogP contribution in [0.4, 0.5) is 4.39 Å². The molecule has 1 aromatic carbocycles. The molecular weight excluding hydrogens is 243 g/mol. The quantitative estimate of drug-likeness (QED) is 0.831. The number of aliphatic hydroxyl groups is 1. The Morgan fingerprint density at radius 1 is 1.42 bits per heavy atom. The second-order valence-electron chi connectivity index (χ2n) is 6.06. The minimum atomic E-state index is -0.528. The largest absolute Gasteiger partial charge is 0.487 e. The molecule has 0 bridgehead atoms. The van der Waals surface area contributed by atoms with Crippen molar-refractivity contribution in [2.45, 2.75) is 57.2 Å². The number of hydrogen-bond acceptors (Lipinski definition) is 2. The van der Waals surface area contributed by atoms with Gasteiger partial charge in [0.1, 0.15) is 17.2 Å². The van der Waals surface area contributed by atoms with Gasteiger partial charge in [0.15, 0.2) is 0 Å². The lowest BCUT2D eigenvalue weighted by atomic mass is 9.72. The second-order valence-corrected chi connectivity index (χ2v) is 6.06. The number of rotatable bonds is 1. The summed E-state index contributed by atoms with van der Waals surface area (Å²) in [5, 5.41) is 10.3. The van der Waals surface area contributed by atoms with Crippen molar-refractivity contribution < 1.29 is 14.2 Å². The fourth-order valence-electron chi connectivity index (χ4n) is 3.68. The van der Waals surface area contributed by atoms with Crippen LogP contribution in [0.15, 0.2) is 18.2 Å². The Morgan fingerprint density at radius 2 is 2.26 bits per heavy atom. The van der Waals surface area contributed by atoms with Crippen LogP contribution in [-0.2, 0) is 0 Å². The molecule has 104 valence electrons. The molecule has 0 saturated heterocycles. The van der Waals surface area contributed by atoms with Crippen molar-refractivity contribution in [1.29, 1.82) is 0 Å². The van der Waals surface area contributed by atoms with Crippen LogP contribution in [-0.4, -0.2) is 10.7 Å². The molecule has 1 aromatic rings. The smallest absolute Gasteiger partial charge is 0.128 e. The summed E-state index contributed by atoms with van der Waals surface area (Å²) in [5.41, 5.74) is 0.449. The highest BCUT2D eigenvalue weighted by Crippen LogP contribution is 2.48. The Labute approximate surface area is 113 Å². The molecule has 3 rings (SSSR count). The van der Waals surface area contributed by atoms with E-state index in [-0.39, 0.29) is 11.4 Å². The molecule has 1 saturated carbocycles. The van der Waals surface area contributed by atoms with Crippen molar-refractivity contribution in [3.8, 4) is 5.75 Å². The number of aliphatic hydroxyl groups excluding tert-OH is 1. The van der Waals surface area contributed by atoms with Crippen LogP contribution in [0, 0.1) is 11.7 Å². The predicted molar refractivity (Wildman–Crippen MR) is 71.6 cm³/mol. The first-order valence-corrected chi connectivity index (χ1v) is 7.28. The van der Waals surface area contributed by atoms with Crippen LogP contribution in [0.5, 0.6) is 5.75 Å². The van der Waals surface area contributed by atoms with Crippen molar-refractivity contribution in [2.24, 2.45) is 5.92 Å². The van der Waals surface area contributed by atoms with Gasteiger partial charge in [-0.2, -0.15) is 0 Å². The molecule has 3 heteroatoms. The second kappa shape index (κ2) is 4.78. The van der Waals surface area contributed by atoms with E-state index in [1.807, 2.05) is 0 Å². The van der Waals surface area contributed by atoms with Crippen LogP contribution in [0.25, 0.3) is 0 Å². The van der Waals surface area contributed by atoms with Gasteiger partial charge in [0.2, 0.25) is 0 Å². The molecule has 1 aliphatic carbocycles. The highest BCUT2D eigenvalue weighted by Gasteiger charge is 2.43. The van der Waals surface area contributed by atoms with Gasteiger partial charge in [-0.1, -0.05) is 19.8 Å². The van der Waals surface area contributed by atoms with Crippen molar-refractivity contribution >= 4 is 0 Å². The van der Waals surface area contributed by atoms with Crippen molar-refractivity contribution in [3.63, 3.8) is 0 Å². The van der Waals surface area contributed by atoms with Gasteiger partial charge in [-0.25, -0.2) is 4.39 Å². The lowest BCUT2D eigenvalue weighted by Crippen LogP contribution is -2.45. The number of benzene rings is 1. The molecule has 1 spiro atoms. The lowest BCUT2D eigenvalue weighted by molar-refractivity contribution is -0.0523. The van der Waals surface area contributed by atoms with Gasteiger partial charge in [-0.3, -0.25) is 0 Å². The summed E-state index contributed by atoms with van der Waals surface area (Å²) in [6.45, 7) is 2.20. The average molecular weight is 264 g/mol. The Morgan fingerprint density at radius 3 is 3.05 bits per heavy atom. The summed E-state index contributed by atoms with van der Waals surface area (Å²) in [4.78, 5) is 0. The highest BCUT2D eigenvalue weighted by atomic mass is 19.1. The van der Waals surface area contributed by atoms with E-state index in [1.54, 1.807) is 6.07 Å². The fourth-order valence-corrected chi connectivity index (χ4v) is 3.68. The molecule has 2 aliphatic rings. The summed E-state index contributed by atoms with van der Waals surface area (Å²) < 4.78 is 19.5. The van der Waals surface area contributed by atoms with E-state index in [4.69, 9.17) is 4.74 Å². The number of halogens is 1. The molecular formula is C16H21FO2. The average Bonchev–Trinajstić information content (AvgIpc) is 2.38. The van der Waals surface area contributed by atoms with Gasteiger partial charge < -0.3 is 9.84 Å². The molecule has 3 atom stereocenters. The highest BCUT2D eigenvalue weighted by molar-refractivity contribution is 5.38. The monoisotopic (exact) mass is 264 g/mol. The Balaban J connectivity index is 1.90. The summed E-state index contributed by atoms with van der Waals surface area (Å²) >= 11 is 0. The van der Waals surface area contributed by atoms with Gasteiger partial charge in [-0.05, 0) is 37.3 Å². The van der Waals surface area contributed by atoms with E-state index in [1.165, 1.54) is 18.6 Å². The summed E-state index contributed by atoms with van der Waals surface area (Å²) in [7, 11) is 0. The van der Waals surface area contributed by atoms with Gasteiger partial charge in [0.05, 0.1) is 6.10 Å². The first-order valence-electron chi connectivity index (χ1n) is 7.28. The van der Waals surface area contributed by atoms with E-state index in [2.05, 4.69) is 6.92 Å². The number of hydrogen-bond donors (Lipinski definition) is 1. The first kappa shape index (κ1) is 12.9. The van der Waals surface area contributed by atoms with Crippen molar-refractivity contribution in [3.05, 3.63) is 29.6 Å². The third-order valence-corrected chi connectivity index (χ3v) is 4.71. The number of fused-ring (bicyclic) bond motifs is 1. The maximum atomic E-state index is 13.4. The first-order chi connectivity index (χ1) is 9.12. The third kappa shape index (κ3) is 2.36. The van der Waals surface area contributed by atoms with Gasteiger partial charge >= 0.3 is 0 Å². The molecule has 0 radical (unpaired) electrons. The third-order valence-electron chi connectivity index (χ3n) is 4.71. The summed E-state index contributed by atoms with van der Waals surface area (Å²) in [6, 6.07) is 4.44. The predicted octanol–water partition coefficient (Wildman–Crippen LogP) is 3.98. The Kier molecular flexibility index (Phi) is 3.25. The minimum Gasteiger partial charge on any atom is -0.487 e. The van der Waals surface area contributed by atoms with Crippen LogP contribution >= 0.6 is 0 Å². The zero-order valence-corrected chi connectivity index (χ0v) is 11.4. The molecule has 1 fully saturated rings. The van der Waals surface area contributed by atoms with E-state index in [0.29, 0.717) is 18.1 Å². The zero-order chi connectivity index (χ0) is 13.5. The molecule has 0 aromatic heterocycles. The maximum Gasteiger partial charge on any atom is 0.128 e.